The van der Waals surface area contributed by atoms with Crippen molar-refractivity contribution >= 4 is 17.4 Å². The predicted molar refractivity (Wildman–Crippen MR) is 94.1 cm³/mol. The van der Waals surface area contributed by atoms with E-state index in [1.54, 1.807) is 12.1 Å². The van der Waals surface area contributed by atoms with Crippen LogP contribution in [0.3, 0.4) is 0 Å². The summed E-state index contributed by atoms with van der Waals surface area (Å²) in [6.07, 6.45) is 0.726. The Morgan fingerprint density at radius 3 is 2.12 bits per heavy atom. The van der Waals surface area contributed by atoms with Crippen molar-refractivity contribution < 1.29 is 9.59 Å². The average Bonchev–Trinajstić information content (AvgIpc) is 2.91. The summed E-state index contributed by atoms with van der Waals surface area (Å²) in [6, 6.07) is 24.2. The summed E-state index contributed by atoms with van der Waals surface area (Å²) in [6.45, 7) is 0. The van der Waals surface area contributed by atoms with E-state index in [0.29, 0.717) is 11.3 Å². The van der Waals surface area contributed by atoms with Gasteiger partial charge in [-0.05, 0) is 40.8 Å². The standard InChI is InChI=1S/C21H15NO2/c23-20-18-13-15(8-11-19(18)22-21(20)24)12-14-6-9-17(10-7-14)16-4-2-1-3-5-16/h1-11,13H,12H2,(H,22,23,24). The molecule has 0 atom stereocenters. The van der Waals surface area contributed by atoms with Crippen LogP contribution in [0.4, 0.5) is 5.69 Å². The first-order valence-corrected chi connectivity index (χ1v) is 7.84. The maximum atomic E-state index is 11.8. The second-order valence-electron chi connectivity index (χ2n) is 5.90. The molecular weight excluding hydrogens is 298 g/mol. The largest absolute Gasteiger partial charge is 0.318 e. The van der Waals surface area contributed by atoms with Crippen molar-refractivity contribution in [3.8, 4) is 11.1 Å². The lowest BCUT2D eigenvalue weighted by atomic mass is 9.99. The molecule has 0 aliphatic carbocycles. The van der Waals surface area contributed by atoms with Crippen molar-refractivity contribution in [2.75, 3.05) is 5.32 Å². The first kappa shape index (κ1) is 14.4. The highest BCUT2D eigenvalue weighted by Crippen LogP contribution is 2.26. The molecule has 1 aliphatic heterocycles. The van der Waals surface area contributed by atoms with Gasteiger partial charge in [0, 0.05) is 0 Å². The Balaban J connectivity index is 1.56. The highest BCUT2D eigenvalue weighted by molar-refractivity contribution is 6.51. The summed E-state index contributed by atoms with van der Waals surface area (Å²) in [5.41, 5.74) is 5.63. The Kier molecular flexibility index (Phi) is 3.47. The molecule has 1 aliphatic rings. The van der Waals surface area contributed by atoms with E-state index in [4.69, 9.17) is 0 Å². The lowest BCUT2D eigenvalue weighted by molar-refractivity contribution is -0.112. The topological polar surface area (TPSA) is 46.2 Å². The van der Waals surface area contributed by atoms with Gasteiger partial charge in [-0.1, -0.05) is 60.7 Å². The van der Waals surface area contributed by atoms with Gasteiger partial charge in [-0.2, -0.15) is 0 Å². The quantitative estimate of drug-likeness (QED) is 0.741. The number of carbonyl (C=O) groups excluding carboxylic acids is 2. The Bertz CT molecular complexity index is 928. The molecule has 0 spiro atoms. The van der Waals surface area contributed by atoms with E-state index in [-0.39, 0.29) is 0 Å². The van der Waals surface area contributed by atoms with Crippen LogP contribution in [-0.4, -0.2) is 11.7 Å². The van der Waals surface area contributed by atoms with Gasteiger partial charge in [0.15, 0.2) is 0 Å². The fraction of sp³-hybridized carbons (Fsp3) is 0.0476. The van der Waals surface area contributed by atoms with E-state index in [2.05, 4.69) is 41.7 Å². The van der Waals surface area contributed by atoms with Crippen molar-refractivity contribution in [1.29, 1.82) is 0 Å². The van der Waals surface area contributed by atoms with Crippen LogP contribution < -0.4 is 5.32 Å². The number of rotatable bonds is 3. The summed E-state index contributed by atoms with van der Waals surface area (Å²) >= 11 is 0. The molecule has 3 nitrogen and oxygen atoms in total. The molecule has 116 valence electrons. The molecule has 0 fully saturated rings. The lowest BCUT2D eigenvalue weighted by Crippen LogP contribution is -2.12. The molecule has 3 heteroatoms. The number of benzene rings is 3. The second-order valence-corrected chi connectivity index (χ2v) is 5.90. The van der Waals surface area contributed by atoms with Gasteiger partial charge in [0.25, 0.3) is 11.7 Å². The number of Topliss-reactive ketones (excluding diaryl/α,β-unsaturated/α-hetero) is 1. The van der Waals surface area contributed by atoms with Crippen molar-refractivity contribution in [3.05, 3.63) is 89.5 Å². The second kappa shape index (κ2) is 5.78. The van der Waals surface area contributed by atoms with E-state index < -0.39 is 11.7 Å². The SMILES string of the molecule is O=C1Nc2ccc(Cc3ccc(-c4ccccc4)cc3)cc2C1=O. The van der Waals surface area contributed by atoms with Gasteiger partial charge in [0.1, 0.15) is 0 Å². The van der Waals surface area contributed by atoms with Gasteiger partial charge in [0.05, 0.1) is 11.3 Å². The van der Waals surface area contributed by atoms with Crippen molar-refractivity contribution in [3.63, 3.8) is 0 Å². The van der Waals surface area contributed by atoms with Gasteiger partial charge in [-0.15, -0.1) is 0 Å². The van der Waals surface area contributed by atoms with Crippen LogP contribution in [-0.2, 0) is 11.2 Å². The summed E-state index contributed by atoms with van der Waals surface area (Å²) in [5, 5.41) is 2.58. The Hall–Kier alpha value is -3.20. The molecule has 0 aromatic heterocycles. The maximum Gasteiger partial charge on any atom is 0.296 e. The first-order valence-electron chi connectivity index (χ1n) is 7.84. The molecule has 1 amide bonds. The normalized spacial score (nSPS) is 12.8. The van der Waals surface area contributed by atoms with E-state index in [0.717, 1.165) is 12.0 Å². The number of amides is 1. The third-order valence-corrected chi connectivity index (χ3v) is 4.25. The number of anilines is 1. The molecule has 0 bridgehead atoms. The third-order valence-electron chi connectivity index (χ3n) is 4.25. The highest BCUT2D eigenvalue weighted by Gasteiger charge is 2.27. The zero-order chi connectivity index (χ0) is 16.5. The van der Waals surface area contributed by atoms with E-state index in [9.17, 15) is 9.59 Å². The molecule has 3 aromatic rings. The van der Waals surface area contributed by atoms with Crippen molar-refractivity contribution in [2.45, 2.75) is 6.42 Å². The fourth-order valence-corrected chi connectivity index (χ4v) is 2.98. The molecule has 0 saturated heterocycles. The highest BCUT2D eigenvalue weighted by atomic mass is 16.2. The minimum Gasteiger partial charge on any atom is -0.318 e. The number of ketones is 1. The minimum atomic E-state index is -0.547. The number of nitrogens with one attached hydrogen (secondary N) is 1. The number of fused-ring (bicyclic) bond motifs is 1. The Morgan fingerprint density at radius 1 is 0.708 bits per heavy atom. The van der Waals surface area contributed by atoms with Crippen LogP contribution in [0.1, 0.15) is 21.5 Å². The molecule has 24 heavy (non-hydrogen) atoms. The van der Waals surface area contributed by atoms with Gasteiger partial charge in [-0.3, -0.25) is 9.59 Å². The average molecular weight is 313 g/mol. The molecule has 3 aromatic carbocycles. The molecule has 4 rings (SSSR count). The molecule has 1 heterocycles. The minimum absolute atomic E-state index is 0.453. The summed E-state index contributed by atoms with van der Waals surface area (Å²) in [7, 11) is 0. The first-order chi connectivity index (χ1) is 11.7. The summed E-state index contributed by atoms with van der Waals surface area (Å²) < 4.78 is 0. The zero-order valence-corrected chi connectivity index (χ0v) is 13.0. The van der Waals surface area contributed by atoms with Gasteiger partial charge in [0.2, 0.25) is 0 Å². The van der Waals surface area contributed by atoms with Gasteiger partial charge in [-0.25, -0.2) is 0 Å². The molecular formula is C21H15NO2. The smallest absolute Gasteiger partial charge is 0.296 e. The summed E-state index contributed by atoms with van der Waals surface area (Å²) in [5.74, 6) is -0.999. The van der Waals surface area contributed by atoms with Gasteiger partial charge < -0.3 is 5.32 Å². The van der Waals surface area contributed by atoms with Crippen molar-refractivity contribution in [1.82, 2.24) is 0 Å². The van der Waals surface area contributed by atoms with E-state index >= 15 is 0 Å². The van der Waals surface area contributed by atoms with Crippen LogP contribution >= 0.6 is 0 Å². The van der Waals surface area contributed by atoms with Crippen LogP contribution in [0.2, 0.25) is 0 Å². The van der Waals surface area contributed by atoms with Crippen molar-refractivity contribution in [2.24, 2.45) is 0 Å². The zero-order valence-electron chi connectivity index (χ0n) is 13.0. The fourth-order valence-electron chi connectivity index (χ4n) is 2.98. The van der Waals surface area contributed by atoms with E-state index in [1.165, 1.54) is 16.7 Å². The number of hydrogen-bond donors (Lipinski definition) is 1. The van der Waals surface area contributed by atoms with Crippen LogP contribution in [0.5, 0.6) is 0 Å². The Labute approximate surface area is 140 Å². The van der Waals surface area contributed by atoms with Gasteiger partial charge >= 0.3 is 0 Å². The predicted octanol–water partition coefficient (Wildman–Crippen LogP) is 4.08. The van der Waals surface area contributed by atoms with E-state index in [1.807, 2.05) is 24.3 Å². The monoisotopic (exact) mass is 313 g/mol. The lowest BCUT2D eigenvalue weighted by Gasteiger charge is -2.06. The molecule has 0 saturated carbocycles. The summed E-state index contributed by atoms with van der Waals surface area (Å²) in [4.78, 5) is 23.2. The third kappa shape index (κ3) is 2.61. The molecule has 0 unspecified atom stereocenters. The maximum absolute atomic E-state index is 11.8. The van der Waals surface area contributed by atoms with Crippen LogP contribution in [0, 0.1) is 0 Å². The number of hydrogen-bond acceptors (Lipinski definition) is 2. The molecule has 0 radical (unpaired) electrons. The number of carbonyl (C=O) groups is 2. The van der Waals surface area contributed by atoms with Crippen LogP contribution in [0.25, 0.3) is 11.1 Å². The Morgan fingerprint density at radius 2 is 1.38 bits per heavy atom. The van der Waals surface area contributed by atoms with Crippen LogP contribution in [0.15, 0.2) is 72.8 Å². The molecule has 1 N–H and O–H groups in total.